The van der Waals surface area contributed by atoms with Crippen molar-refractivity contribution < 1.29 is 9.59 Å². The highest BCUT2D eigenvalue weighted by molar-refractivity contribution is 5.84. The van der Waals surface area contributed by atoms with Crippen LogP contribution in [0.3, 0.4) is 0 Å². The molecule has 7 nitrogen and oxygen atoms in total. The summed E-state index contributed by atoms with van der Waals surface area (Å²) in [7, 11) is 3.72. The van der Waals surface area contributed by atoms with Crippen molar-refractivity contribution in [1.82, 2.24) is 25.3 Å². The average molecular weight is 381 g/mol. The molecule has 0 spiro atoms. The van der Waals surface area contributed by atoms with Crippen LogP contribution >= 0.6 is 0 Å². The second-order valence-electron chi connectivity index (χ2n) is 7.90. The summed E-state index contributed by atoms with van der Waals surface area (Å²) >= 11 is 0. The lowest BCUT2D eigenvalue weighted by molar-refractivity contribution is -0.127. The minimum atomic E-state index is -0.419. The lowest BCUT2D eigenvalue weighted by Crippen LogP contribution is -2.41. The molecule has 0 unspecified atom stereocenters. The second-order valence-corrected chi connectivity index (χ2v) is 7.90. The molecule has 1 saturated heterocycles. The number of amides is 2. The van der Waals surface area contributed by atoms with Crippen LogP contribution in [0.5, 0.6) is 0 Å². The summed E-state index contributed by atoms with van der Waals surface area (Å²) < 4.78 is 1.76. The van der Waals surface area contributed by atoms with Crippen molar-refractivity contribution in [3.63, 3.8) is 0 Å². The topological polar surface area (TPSA) is 79.3 Å². The van der Waals surface area contributed by atoms with Gasteiger partial charge in [-0.3, -0.25) is 14.3 Å². The number of aryl methyl sites for hydroxylation is 1. The first-order valence-corrected chi connectivity index (χ1v) is 9.86. The Morgan fingerprint density at radius 2 is 2.00 bits per heavy atom. The molecule has 1 aromatic carbocycles. The molecule has 3 atom stereocenters. The van der Waals surface area contributed by atoms with Crippen molar-refractivity contribution in [2.45, 2.75) is 37.4 Å². The molecule has 148 valence electrons. The van der Waals surface area contributed by atoms with Crippen LogP contribution in [0, 0.1) is 5.92 Å². The largest absolute Gasteiger partial charge is 0.352 e. The van der Waals surface area contributed by atoms with E-state index in [1.165, 1.54) is 0 Å². The van der Waals surface area contributed by atoms with Crippen LogP contribution in [0.4, 0.5) is 0 Å². The maximum Gasteiger partial charge on any atom is 0.241 e. The zero-order chi connectivity index (χ0) is 19.7. The first-order valence-electron chi connectivity index (χ1n) is 9.86. The Labute approximate surface area is 165 Å². The molecule has 1 aliphatic heterocycles. The molecule has 28 heavy (non-hydrogen) atoms. The third kappa shape index (κ3) is 3.94. The van der Waals surface area contributed by atoms with Crippen molar-refractivity contribution in [3.8, 4) is 0 Å². The third-order valence-corrected chi connectivity index (χ3v) is 5.66. The van der Waals surface area contributed by atoms with Gasteiger partial charge in [-0.25, -0.2) is 0 Å². The predicted molar refractivity (Wildman–Crippen MR) is 105 cm³/mol. The first kappa shape index (κ1) is 18.7. The number of nitrogens with one attached hydrogen (secondary N) is 2. The lowest BCUT2D eigenvalue weighted by Gasteiger charge is -2.26. The van der Waals surface area contributed by atoms with Gasteiger partial charge in [-0.1, -0.05) is 30.3 Å². The van der Waals surface area contributed by atoms with E-state index >= 15 is 0 Å². The summed E-state index contributed by atoms with van der Waals surface area (Å²) in [6.07, 6.45) is 6.35. The van der Waals surface area contributed by atoms with Crippen LogP contribution in [-0.2, 0) is 16.6 Å². The molecular weight excluding hydrogens is 354 g/mol. The highest BCUT2D eigenvalue weighted by Crippen LogP contribution is 2.36. The summed E-state index contributed by atoms with van der Waals surface area (Å²) in [6, 6.07) is 9.63. The Morgan fingerprint density at radius 1 is 1.25 bits per heavy atom. The van der Waals surface area contributed by atoms with Gasteiger partial charge in [0, 0.05) is 50.8 Å². The molecule has 1 aromatic heterocycles. The van der Waals surface area contributed by atoms with Gasteiger partial charge in [0.25, 0.3) is 0 Å². The molecule has 1 aliphatic carbocycles. The zero-order valence-corrected chi connectivity index (χ0v) is 16.3. The van der Waals surface area contributed by atoms with Crippen molar-refractivity contribution in [3.05, 3.63) is 53.9 Å². The van der Waals surface area contributed by atoms with Gasteiger partial charge in [-0.05, 0) is 18.4 Å². The summed E-state index contributed by atoms with van der Waals surface area (Å²) in [5, 5.41) is 10.8. The Bertz CT molecular complexity index is 845. The van der Waals surface area contributed by atoms with Crippen LogP contribution in [-0.4, -0.2) is 46.1 Å². The maximum absolute atomic E-state index is 12.8. The van der Waals surface area contributed by atoms with E-state index in [1.54, 1.807) is 9.58 Å². The Hall–Kier alpha value is -2.67. The number of aromatic nitrogens is 2. The smallest absolute Gasteiger partial charge is 0.241 e. The maximum atomic E-state index is 12.8. The van der Waals surface area contributed by atoms with Gasteiger partial charge in [-0.2, -0.15) is 5.10 Å². The van der Waals surface area contributed by atoms with Crippen LogP contribution < -0.4 is 10.6 Å². The third-order valence-electron chi connectivity index (χ3n) is 5.66. The van der Waals surface area contributed by atoms with E-state index < -0.39 is 6.04 Å². The Balaban J connectivity index is 1.50. The number of likely N-dealkylation sites (tertiary alicyclic amines) is 1. The van der Waals surface area contributed by atoms with Crippen molar-refractivity contribution >= 4 is 11.8 Å². The van der Waals surface area contributed by atoms with E-state index in [9.17, 15) is 9.59 Å². The number of rotatable bonds is 7. The van der Waals surface area contributed by atoms with E-state index in [-0.39, 0.29) is 23.8 Å². The molecule has 1 saturated carbocycles. The lowest BCUT2D eigenvalue weighted by atomic mass is 9.95. The van der Waals surface area contributed by atoms with Gasteiger partial charge < -0.3 is 15.5 Å². The Morgan fingerprint density at radius 3 is 2.64 bits per heavy atom. The van der Waals surface area contributed by atoms with E-state index in [0.717, 1.165) is 24.0 Å². The van der Waals surface area contributed by atoms with Gasteiger partial charge >= 0.3 is 0 Å². The molecule has 2 amide bonds. The standard InChI is InChI=1S/C21H27N5O2/c1-25-13-16(12-23-25)20-15(10-18(27)26(20)2)11-22-19(14-6-4-3-5-7-14)21(28)24-17-8-9-17/h3-7,12-13,15,17,19-20,22H,8-11H2,1-2H3,(H,24,28)/t15-,19+,20+/m0/s1. The average Bonchev–Trinajstić information content (AvgIpc) is 3.32. The van der Waals surface area contributed by atoms with Crippen molar-refractivity contribution in [2.24, 2.45) is 13.0 Å². The van der Waals surface area contributed by atoms with E-state index in [4.69, 9.17) is 0 Å². The molecule has 7 heteroatoms. The zero-order valence-electron chi connectivity index (χ0n) is 16.3. The fourth-order valence-corrected chi connectivity index (χ4v) is 4.01. The molecule has 2 aromatic rings. The van der Waals surface area contributed by atoms with Gasteiger partial charge in [0.1, 0.15) is 6.04 Å². The number of hydrogen-bond acceptors (Lipinski definition) is 4. The SMILES string of the molecule is CN1C(=O)C[C@@H](CN[C@@H](C(=O)NC2CC2)c2ccccc2)[C@@H]1c1cnn(C)c1. The molecular formula is C21H27N5O2. The number of carbonyl (C=O) groups excluding carboxylic acids is 2. The van der Waals surface area contributed by atoms with Gasteiger partial charge in [0.15, 0.2) is 0 Å². The summed E-state index contributed by atoms with van der Waals surface area (Å²) in [5.74, 6) is 0.213. The van der Waals surface area contributed by atoms with E-state index in [2.05, 4.69) is 15.7 Å². The van der Waals surface area contributed by atoms with Crippen LogP contribution in [0.1, 0.15) is 42.5 Å². The monoisotopic (exact) mass is 381 g/mol. The van der Waals surface area contributed by atoms with Crippen molar-refractivity contribution in [2.75, 3.05) is 13.6 Å². The van der Waals surface area contributed by atoms with Gasteiger partial charge in [-0.15, -0.1) is 0 Å². The summed E-state index contributed by atoms with van der Waals surface area (Å²) in [4.78, 5) is 27.0. The summed E-state index contributed by atoms with van der Waals surface area (Å²) in [5.41, 5.74) is 1.97. The molecule has 2 aliphatic rings. The molecule has 2 N–H and O–H groups in total. The number of benzene rings is 1. The molecule has 2 fully saturated rings. The molecule has 0 radical (unpaired) electrons. The summed E-state index contributed by atoms with van der Waals surface area (Å²) in [6.45, 7) is 0.577. The molecule has 2 heterocycles. The Kier molecular flexibility index (Phi) is 5.17. The van der Waals surface area contributed by atoms with Gasteiger partial charge in [0.2, 0.25) is 11.8 Å². The van der Waals surface area contributed by atoms with E-state index in [0.29, 0.717) is 19.0 Å². The normalized spacial score (nSPS) is 23.1. The fraction of sp³-hybridized carbons (Fsp3) is 0.476. The molecule has 4 rings (SSSR count). The number of nitrogens with zero attached hydrogens (tertiary/aromatic N) is 3. The number of carbonyl (C=O) groups is 2. The second kappa shape index (κ2) is 7.75. The minimum absolute atomic E-state index is 0.00399. The minimum Gasteiger partial charge on any atom is -0.352 e. The molecule has 0 bridgehead atoms. The van der Waals surface area contributed by atoms with E-state index in [1.807, 2.05) is 56.8 Å². The van der Waals surface area contributed by atoms with Crippen molar-refractivity contribution in [1.29, 1.82) is 0 Å². The van der Waals surface area contributed by atoms with Crippen LogP contribution in [0.2, 0.25) is 0 Å². The van der Waals surface area contributed by atoms with Crippen LogP contribution in [0.15, 0.2) is 42.7 Å². The highest BCUT2D eigenvalue weighted by atomic mass is 16.2. The highest BCUT2D eigenvalue weighted by Gasteiger charge is 2.39. The van der Waals surface area contributed by atoms with Gasteiger partial charge in [0.05, 0.1) is 12.2 Å². The fourth-order valence-electron chi connectivity index (χ4n) is 4.01. The van der Waals surface area contributed by atoms with Crippen LogP contribution in [0.25, 0.3) is 0 Å². The first-order chi connectivity index (χ1) is 13.5. The quantitative estimate of drug-likeness (QED) is 0.763. The predicted octanol–water partition coefficient (Wildman–Crippen LogP) is 1.55. The number of hydrogen-bond donors (Lipinski definition) is 2.